The Morgan fingerprint density at radius 2 is 2.23 bits per heavy atom. The highest BCUT2D eigenvalue weighted by Crippen LogP contribution is 2.29. The van der Waals surface area contributed by atoms with Crippen LogP contribution in [0.25, 0.3) is 0 Å². The van der Waals surface area contributed by atoms with Crippen LogP contribution in [0, 0.1) is 5.92 Å². The molecule has 2 unspecified atom stereocenters. The summed E-state index contributed by atoms with van der Waals surface area (Å²) in [5.74, 6) is 0.215. The lowest BCUT2D eigenvalue weighted by molar-refractivity contribution is -0.148. The number of rotatable bonds is 3. The summed E-state index contributed by atoms with van der Waals surface area (Å²) in [6, 6.07) is 0. The van der Waals surface area contributed by atoms with Crippen molar-refractivity contribution in [1.82, 2.24) is 0 Å². The zero-order valence-corrected chi connectivity index (χ0v) is 8.21. The van der Waals surface area contributed by atoms with Gasteiger partial charge < -0.3 is 4.74 Å². The van der Waals surface area contributed by atoms with E-state index in [1.165, 1.54) is 6.92 Å². The number of hydrogen-bond donors (Lipinski definition) is 0. The van der Waals surface area contributed by atoms with Gasteiger partial charge in [0.25, 0.3) is 0 Å². The van der Waals surface area contributed by atoms with Crippen molar-refractivity contribution in [2.24, 2.45) is 5.92 Å². The zero-order valence-electron chi connectivity index (χ0n) is 8.21. The van der Waals surface area contributed by atoms with E-state index in [2.05, 4.69) is 6.92 Å². The maximum absolute atomic E-state index is 11.1. The van der Waals surface area contributed by atoms with E-state index >= 15 is 0 Å². The standard InChI is InChI=1S/C10H16O3/c1-3-4-8-5-9(12)6-10(8)13-7(2)11/h8,10H,3-6H2,1-2H3. The lowest BCUT2D eigenvalue weighted by Crippen LogP contribution is -2.20. The minimum absolute atomic E-state index is 0.148. The van der Waals surface area contributed by atoms with Crippen LogP contribution in [0.15, 0.2) is 0 Å². The maximum Gasteiger partial charge on any atom is 0.302 e. The third-order valence-electron chi connectivity index (χ3n) is 2.42. The number of ether oxygens (including phenoxy) is 1. The lowest BCUT2D eigenvalue weighted by Gasteiger charge is -2.17. The van der Waals surface area contributed by atoms with E-state index in [9.17, 15) is 9.59 Å². The predicted octanol–water partition coefficient (Wildman–Crippen LogP) is 1.70. The number of carbonyl (C=O) groups is 2. The first-order valence-corrected chi connectivity index (χ1v) is 4.82. The first-order valence-electron chi connectivity index (χ1n) is 4.82. The maximum atomic E-state index is 11.1. The first-order chi connectivity index (χ1) is 6.13. The third-order valence-corrected chi connectivity index (χ3v) is 2.42. The summed E-state index contributed by atoms with van der Waals surface area (Å²) in [4.78, 5) is 21.9. The molecule has 0 saturated heterocycles. The molecule has 0 aromatic rings. The Kier molecular flexibility index (Phi) is 3.46. The van der Waals surface area contributed by atoms with E-state index in [1.54, 1.807) is 0 Å². The number of hydrogen-bond acceptors (Lipinski definition) is 3. The van der Waals surface area contributed by atoms with E-state index < -0.39 is 0 Å². The van der Waals surface area contributed by atoms with Gasteiger partial charge in [0.1, 0.15) is 11.9 Å². The van der Waals surface area contributed by atoms with Crippen LogP contribution in [0.1, 0.15) is 39.5 Å². The Hall–Kier alpha value is -0.860. The van der Waals surface area contributed by atoms with Gasteiger partial charge in [0.2, 0.25) is 0 Å². The molecule has 0 N–H and O–H groups in total. The van der Waals surface area contributed by atoms with Gasteiger partial charge >= 0.3 is 5.97 Å². The molecule has 0 amide bonds. The molecule has 1 aliphatic carbocycles. The molecular weight excluding hydrogens is 168 g/mol. The first kappa shape index (κ1) is 10.2. The average Bonchev–Trinajstić information content (AvgIpc) is 2.31. The van der Waals surface area contributed by atoms with Crippen molar-refractivity contribution in [2.45, 2.75) is 45.6 Å². The minimum atomic E-state index is -0.277. The summed E-state index contributed by atoms with van der Waals surface area (Å²) in [5.41, 5.74) is 0. The highest BCUT2D eigenvalue weighted by atomic mass is 16.5. The molecule has 0 aromatic carbocycles. The fraction of sp³-hybridized carbons (Fsp3) is 0.800. The quantitative estimate of drug-likeness (QED) is 0.627. The summed E-state index contributed by atoms with van der Waals surface area (Å²) >= 11 is 0. The van der Waals surface area contributed by atoms with Gasteiger partial charge in [-0.05, 0) is 6.42 Å². The molecule has 1 rings (SSSR count). The van der Waals surface area contributed by atoms with Gasteiger partial charge in [0.05, 0.1) is 0 Å². The van der Waals surface area contributed by atoms with E-state index in [1.807, 2.05) is 0 Å². The normalized spacial score (nSPS) is 27.7. The van der Waals surface area contributed by atoms with Crippen LogP contribution in [0.2, 0.25) is 0 Å². The molecule has 2 atom stereocenters. The van der Waals surface area contributed by atoms with Crippen molar-refractivity contribution in [3.63, 3.8) is 0 Å². The van der Waals surface area contributed by atoms with Gasteiger partial charge in [-0.15, -0.1) is 0 Å². The molecule has 74 valence electrons. The highest BCUT2D eigenvalue weighted by Gasteiger charge is 2.34. The van der Waals surface area contributed by atoms with Gasteiger partial charge in [-0.3, -0.25) is 9.59 Å². The zero-order chi connectivity index (χ0) is 9.84. The molecule has 0 bridgehead atoms. The highest BCUT2D eigenvalue weighted by molar-refractivity contribution is 5.82. The molecule has 3 heteroatoms. The topological polar surface area (TPSA) is 43.4 Å². The van der Waals surface area contributed by atoms with E-state index in [0.29, 0.717) is 12.8 Å². The molecule has 0 heterocycles. The molecule has 0 spiro atoms. The van der Waals surface area contributed by atoms with Crippen molar-refractivity contribution >= 4 is 11.8 Å². The molecule has 1 saturated carbocycles. The van der Waals surface area contributed by atoms with Gasteiger partial charge in [-0.2, -0.15) is 0 Å². The average molecular weight is 184 g/mol. The molecule has 0 aliphatic heterocycles. The SMILES string of the molecule is CCCC1CC(=O)CC1OC(C)=O. The minimum Gasteiger partial charge on any atom is -0.462 e. The molecule has 3 nitrogen and oxygen atoms in total. The number of esters is 1. The van der Waals surface area contributed by atoms with Crippen molar-refractivity contribution in [1.29, 1.82) is 0 Å². The molecular formula is C10H16O3. The van der Waals surface area contributed by atoms with Crippen molar-refractivity contribution in [3.05, 3.63) is 0 Å². The van der Waals surface area contributed by atoms with Crippen LogP contribution in [0.3, 0.4) is 0 Å². The number of ketones is 1. The third kappa shape index (κ3) is 2.83. The fourth-order valence-electron chi connectivity index (χ4n) is 1.91. The molecule has 0 radical (unpaired) electrons. The second-order valence-electron chi connectivity index (χ2n) is 3.64. The summed E-state index contributed by atoms with van der Waals surface area (Å²) in [5, 5.41) is 0. The number of Topliss-reactive ketones (excluding diaryl/α,β-unsaturated/α-hetero) is 1. The molecule has 1 aliphatic rings. The lowest BCUT2D eigenvalue weighted by atomic mass is 10.0. The van der Waals surface area contributed by atoms with Crippen LogP contribution in [0.5, 0.6) is 0 Å². The van der Waals surface area contributed by atoms with Crippen molar-refractivity contribution in [3.8, 4) is 0 Å². The molecule has 1 fully saturated rings. The number of carbonyl (C=O) groups excluding carboxylic acids is 2. The van der Waals surface area contributed by atoms with E-state index in [0.717, 1.165) is 12.8 Å². The summed E-state index contributed by atoms with van der Waals surface area (Å²) in [6.07, 6.45) is 2.88. The Labute approximate surface area is 78.5 Å². The Morgan fingerprint density at radius 1 is 1.54 bits per heavy atom. The van der Waals surface area contributed by atoms with Gasteiger partial charge in [0.15, 0.2) is 0 Å². The summed E-state index contributed by atoms with van der Waals surface area (Å²) < 4.78 is 5.09. The van der Waals surface area contributed by atoms with Crippen LogP contribution in [0.4, 0.5) is 0 Å². The van der Waals surface area contributed by atoms with Gasteiger partial charge in [-0.25, -0.2) is 0 Å². The molecule has 13 heavy (non-hydrogen) atoms. The van der Waals surface area contributed by atoms with Gasteiger partial charge in [-0.1, -0.05) is 13.3 Å². The van der Waals surface area contributed by atoms with Crippen LogP contribution in [-0.2, 0) is 14.3 Å². The second-order valence-corrected chi connectivity index (χ2v) is 3.64. The Bertz CT molecular complexity index is 210. The second kappa shape index (κ2) is 4.40. The monoisotopic (exact) mass is 184 g/mol. The van der Waals surface area contributed by atoms with Crippen LogP contribution < -0.4 is 0 Å². The largest absolute Gasteiger partial charge is 0.462 e. The van der Waals surface area contributed by atoms with Crippen molar-refractivity contribution < 1.29 is 14.3 Å². The molecule has 0 aromatic heterocycles. The Balaban J connectivity index is 2.49. The van der Waals surface area contributed by atoms with E-state index in [4.69, 9.17) is 4.74 Å². The fourth-order valence-corrected chi connectivity index (χ4v) is 1.91. The van der Waals surface area contributed by atoms with Crippen molar-refractivity contribution in [2.75, 3.05) is 0 Å². The predicted molar refractivity (Wildman–Crippen MR) is 48.2 cm³/mol. The summed E-state index contributed by atoms with van der Waals surface area (Å²) in [7, 11) is 0. The Morgan fingerprint density at radius 3 is 2.77 bits per heavy atom. The van der Waals surface area contributed by atoms with Crippen LogP contribution >= 0.6 is 0 Å². The van der Waals surface area contributed by atoms with Gasteiger partial charge in [0, 0.05) is 25.7 Å². The summed E-state index contributed by atoms with van der Waals surface area (Å²) in [6.45, 7) is 3.47. The van der Waals surface area contributed by atoms with E-state index in [-0.39, 0.29) is 23.8 Å². The van der Waals surface area contributed by atoms with Crippen LogP contribution in [-0.4, -0.2) is 17.9 Å². The smallest absolute Gasteiger partial charge is 0.302 e.